The molecule has 1 heterocycles. The van der Waals surface area contributed by atoms with Crippen molar-refractivity contribution in [3.05, 3.63) is 24.0 Å². The van der Waals surface area contributed by atoms with Gasteiger partial charge in [-0.25, -0.2) is 4.39 Å². The minimum Gasteiger partial charge on any atom is -0.380 e. The first-order valence-corrected chi connectivity index (χ1v) is 6.46. The Kier molecular flexibility index (Phi) is 3.71. The number of hydrogen-bond donors (Lipinski definition) is 2. The maximum atomic E-state index is 13.1. The van der Waals surface area contributed by atoms with Gasteiger partial charge in [0.15, 0.2) is 0 Å². The summed E-state index contributed by atoms with van der Waals surface area (Å²) in [4.78, 5) is 1.15. The van der Waals surface area contributed by atoms with E-state index in [-0.39, 0.29) is 5.82 Å². The zero-order valence-corrected chi connectivity index (χ0v) is 10.4. The lowest BCUT2D eigenvalue weighted by Gasteiger charge is -2.31. The third-order valence-corrected chi connectivity index (χ3v) is 4.40. The van der Waals surface area contributed by atoms with Crippen LogP contribution >= 0.6 is 11.8 Å². The molecule has 2 atom stereocenters. The molecule has 1 aromatic rings. The Labute approximate surface area is 100 Å². The number of thioether (sulfide) groups is 1. The topological polar surface area (TPSA) is 24.1 Å². The summed E-state index contributed by atoms with van der Waals surface area (Å²) in [5.41, 5.74) is 0.929. The Morgan fingerprint density at radius 1 is 1.50 bits per heavy atom. The fraction of sp³-hybridized carbons (Fsp3) is 0.500. The molecule has 0 aliphatic carbocycles. The molecular weight excluding hydrogens is 223 g/mol. The summed E-state index contributed by atoms with van der Waals surface area (Å²) in [6, 6.07) is 5.35. The van der Waals surface area contributed by atoms with E-state index in [1.165, 1.54) is 6.07 Å². The second kappa shape index (κ2) is 5.06. The average Bonchev–Trinajstić information content (AvgIpc) is 2.26. The molecule has 1 aliphatic heterocycles. The van der Waals surface area contributed by atoms with Crippen LogP contribution in [0.3, 0.4) is 0 Å². The monoisotopic (exact) mass is 240 g/mol. The van der Waals surface area contributed by atoms with Crippen molar-refractivity contribution >= 4 is 17.4 Å². The van der Waals surface area contributed by atoms with Gasteiger partial charge in [0.05, 0.1) is 5.69 Å². The third kappa shape index (κ3) is 2.50. The Bertz CT molecular complexity index is 370. The first-order valence-electron chi connectivity index (χ1n) is 5.58. The van der Waals surface area contributed by atoms with Crippen LogP contribution in [0.15, 0.2) is 23.1 Å². The van der Waals surface area contributed by atoms with Gasteiger partial charge in [-0.15, -0.1) is 11.8 Å². The van der Waals surface area contributed by atoms with Gasteiger partial charge in [0.1, 0.15) is 5.82 Å². The van der Waals surface area contributed by atoms with Crippen molar-refractivity contribution in [3.8, 4) is 0 Å². The number of rotatable bonds is 3. The zero-order chi connectivity index (χ0) is 11.5. The van der Waals surface area contributed by atoms with Crippen LogP contribution in [0.4, 0.5) is 10.1 Å². The second-order valence-electron chi connectivity index (χ2n) is 4.12. The largest absolute Gasteiger partial charge is 0.380 e. The van der Waals surface area contributed by atoms with E-state index in [0.29, 0.717) is 11.3 Å². The zero-order valence-electron chi connectivity index (χ0n) is 9.59. The third-order valence-electron chi connectivity index (χ3n) is 2.84. The van der Waals surface area contributed by atoms with Crippen LogP contribution < -0.4 is 10.6 Å². The molecule has 2 nitrogen and oxygen atoms in total. The molecular formula is C12H17FN2S. The van der Waals surface area contributed by atoms with E-state index in [2.05, 4.69) is 17.6 Å². The molecule has 88 valence electrons. The predicted molar refractivity (Wildman–Crippen MR) is 67.7 cm³/mol. The van der Waals surface area contributed by atoms with Crippen molar-refractivity contribution in [2.24, 2.45) is 0 Å². The number of anilines is 1. The van der Waals surface area contributed by atoms with E-state index >= 15 is 0 Å². The molecule has 1 aliphatic rings. The quantitative estimate of drug-likeness (QED) is 0.849. The predicted octanol–water partition coefficient (Wildman–Crippen LogP) is 2.71. The maximum absolute atomic E-state index is 13.1. The molecule has 0 aromatic heterocycles. The summed E-state index contributed by atoms with van der Waals surface area (Å²) in [6.45, 7) is 3.17. The molecule has 2 N–H and O–H groups in total. The molecule has 0 amide bonds. The fourth-order valence-electron chi connectivity index (χ4n) is 1.92. The van der Waals surface area contributed by atoms with E-state index in [0.717, 1.165) is 23.5 Å². The highest BCUT2D eigenvalue weighted by atomic mass is 32.2. The van der Waals surface area contributed by atoms with Crippen molar-refractivity contribution in [2.75, 3.05) is 18.9 Å². The van der Waals surface area contributed by atoms with Crippen molar-refractivity contribution < 1.29 is 4.39 Å². The van der Waals surface area contributed by atoms with E-state index in [1.54, 1.807) is 6.07 Å². The molecule has 1 aromatic carbocycles. The second-order valence-corrected chi connectivity index (χ2v) is 5.40. The van der Waals surface area contributed by atoms with Gasteiger partial charge in [0.2, 0.25) is 0 Å². The summed E-state index contributed by atoms with van der Waals surface area (Å²) >= 11 is 1.84. The van der Waals surface area contributed by atoms with Crippen LogP contribution in [-0.2, 0) is 0 Å². The average molecular weight is 240 g/mol. The summed E-state index contributed by atoms with van der Waals surface area (Å²) < 4.78 is 13.1. The maximum Gasteiger partial charge on any atom is 0.125 e. The van der Waals surface area contributed by atoms with Crippen LogP contribution in [-0.4, -0.2) is 24.9 Å². The van der Waals surface area contributed by atoms with Gasteiger partial charge in [0.25, 0.3) is 0 Å². The Morgan fingerprint density at radius 3 is 3.06 bits per heavy atom. The van der Waals surface area contributed by atoms with Crippen molar-refractivity contribution in [1.29, 1.82) is 0 Å². The molecule has 0 spiro atoms. The van der Waals surface area contributed by atoms with Crippen molar-refractivity contribution in [3.63, 3.8) is 0 Å². The van der Waals surface area contributed by atoms with Crippen molar-refractivity contribution in [2.45, 2.75) is 29.5 Å². The molecule has 0 saturated heterocycles. The molecule has 2 unspecified atom stereocenters. The van der Waals surface area contributed by atoms with Gasteiger partial charge in [-0.2, -0.15) is 0 Å². The standard InChI is InChI=1S/C12H17FN2S/c1-8-11(5-6-14-2)16-12-4-3-9(13)7-10(12)15-8/h3-4,7-8,11,14-15H,5-6H2,1-2H3. The van der Waals surface area contributed by atoms with Crippen LogP contribution in [0.1, 0.15) is 13.3 Å². The number of benzene rings is 1. The number of fused-ring (bicyclic) bond motifs is 1. The number of nitrogens with one attached hydrogen (secondary N) is 2. The molecule has 0 saturated carbocycles. The Balaban J connectivity index is 2.12. The van der Waals surface area contributed by atoms with Gasteiger partial charge in [0, 0.05) is 16.2 Å². The van der Waals surface area contributed by atoms with E-state index in [4.69, 9.17) is 0 Å². The van der Waals surface area contributed by atoms with Gasteiger partial charge >= 0.3 is 0 Å². The molecule has 4 heteroatoms. The van der Waals surface area contributed by atoms with E-state index in [1.807, 2.05) is 24.9 Å². The van der Waals surface area contributed by atoms with E-state index < -0.39 is 0 Å². The van der Waals surface area contributed by atoms with Crippen LogP contribution in [0.25, 0.3) is 0 Å². The van der Waals surface area contributed by atoms with Gasteiger partial charge in [-0.1, -0.05) is 0 Å². The van der Waals surface area contributed by atoms with Crippen LogP contribution in [0.2, 0.25) is 0 Å². The first-order chi connectivity index (χ1) is 7.70. The Morgan fingerprint density at radius 2 is 2.31 bits per heavy atom. The highest BCUT2D eigenvalue weighted by molar-refractivity contribution is 8.00. The SMILES string of the molecule is CNCCC1Sc2ccc(F)cc2NC1C. The lowest BCUT2D eigenvalue weighted by atomic mass is 10.1. The van der Waals surface area contributed by atoms with Crippen LogP contribution in [0, 0.1) is 5.82 Å². The minimum atomic E-state index is -0.173. The number of hydrogen-bond acceptors (Lipinski definition) is 3. The molecule has 0 radical (unpaired) electrons. The smallest absolute Gasteiger partial charge is 0.125 e. The summed E-state index contributed by atoms with van der Waals surface area (Å²) in [6.07, 6.45) is 1.12. The molecule has 2 rings (SSSR count). The van der Waals surface area contributed by atoms with Gasteiger partial charge in [-0.3, -0.25) is 0 Å². The molecule has 0 fully saturated rings. The van der Waals surface area contributed by atoms with Gasteiger partial charge < -0.3 is 10.6 Å². The summed E-state index contributed by atoms with van der Waals surface area (Å²) in [5.74, 6) is -0.173. The highest BCUT2D eigenvalue weighted by Crippen LogP contribution is 2.39. The summed E-state index contributed by atoms with van der Waals surface area (Å²) in [7, 11) is 1.97. The Hall–Kier alpha value is -0.740. The van der Waals surface area contributed by atoms with E-state index in [9.17, 15) is 4.39 Å². The molecule has 16 heavy (non-hydrogen) atoms. The lowest BCUT2D eigenvalue weighted by Crippen LogP contribution is -2.33. The highest BCUT2D eigenvalue weighted by Gasteiger charge is 2.25. The summed E-state index contributed by atoms with van der Waals surface area (Å²) in [5, 5.41) is 7.09. The van der Waals surface area contributed by atoms with Gasteiger partial charge in [-0.05, 0) is 45.1 Å². The lowest BCUT2D eigenvalue weighted by molar-refractivity contribution is 0.618. The van der Waals surface area contributed by atoms with Crippen molar-refractivity contribution in [1.82, 2.24) is 5.32 Å². The minimum absolute atomic E-state index is 0.173. The fourth-order valence-corrected chi connectivity index (χ4v) is 3.14. The normalized spacial score (nSPS) is 23.7. The molecule has 0 bridgehead atoms. The first kappa shape index (κ1) is 11.7. The van der Waals surface area contributed by atoms with Crippen LogP contribution in [0.5, 0.6) is 0 Å². The number of halogens is 1.